The fourth-order valence-corrected chi connectivity index (χ4v) is 3.94. The van der Waals surface area contributed by atoms with Crippen molar-refractivity contribution in [2.24, 2.45) is 0 Å². The lowest BCUT2D eigenvalue weighted by atomic mass is 10.1. The Labute approximate surface area is 132 Å². The molecule has 1 amide bonds. The first-order chi connectivity index (χ1) is 10.8. The Hall–Kier alpha value is -2.14. The monoisotopic (exact) mass is 311 g/mol. The molecule has 1 saturated carbocycles. The van der Waals surface area contributed by atoms with Crippen LogP contribution in [0.4, 0.5) is 0 Å². The average Bonchev–Trinajstić information content (AvgIpc) is 3.26. The van der Waals surface area contributed by atoms with Crippen LogP contribution in [0.15, 0.2) is 42.7 Å². The molecule has 5 heteroatoms. The number of carbonyl (C=O) groups is 1. The zero-order chi connectivity index (χ0) is 14.9. The molecule has 0 radical (unpaired) electrons. The van der Waals surface area contributed by atoms with Crippen molar-refractivity contribution in [3.63, 3.8) is 0 Å². The van der Waals surface area contributed by atoms with Crippen molar-refractivity contribution in [3.05, 3.63) is 48.3 Å². The molecule has 4 nitrogen and oxygen atoms in total. The minimum Gasteiger partial charge on any atom is -0.349 e. The first-order valence-electron chi connectivity index (χ1n) is 7.64. The minimum absolute atomic E-state index is 0.0321. The molecule has 0 bridgehead atoms. The van der Waals surface area contributed by atoms with Crippen molar-refractivity contribution >= 4 is 27.5 Å². The summed E-state index contributed by atoms with van der Waals surface area (Å²) in [7, 11) is 0. The van der Waals surface area contributed by atoms with Crippen molar-refractivity contribution in [2.45, 2.75) is 31.7 Å². The quantitative estimate of drug-likeness (QED) is 0.800. The summed E-state index contributed by atoms with van der Waals surface area (Å²) < 4.78 is 3.03. The van der Waals surface area contributed by atoms with E-state index in [1.54, 1.807) is 11.3 Å². The second-order valence-electron chi connectivity index (χ2n) is 5.72. The molecule has 22 heavy (non-hydrogen) atoms. The number of nitrogens with one attached hydrogen (secondary N) is 1. The highest BCUT2D eigenvalue weighted by Gasteiger charge is 2.18. The number of aromatic nitrogens is 2. The molecule has 1 N–H and O–H groups in total. The molecule has 0 saturated heterocycles. The van der Waals surface area contributed by atoms with E-state index >= 15 is 0 Å². The second-order valence-corrected chi connectivity index (χ2v) is 6.73. The van der Waals surface area contributed by atoms with Gasteiger partial charge in [0.25, 0.3) is 5.91 Å². The molecule has 1 aliphatic carbocycles. The standard InChI is InChI=1S/C17H17N3OS/c21-16(18-13-5-1-2-6-13)12-7-8-14-15(11-12)22-17(19-14)20-9-3-4-10-20/h3-4,7-11,13H,1-2,5-6H2,(H,18,21). The van der Waals surface area contributed by atoms with Gasteiger partial charge in [-0.05, 0) is 43.2 Å². The Balaban J connectivity index is 1.61. The number of nitrogens with zero attached hydrogens (tertiary/aromatic N) is 2. The average molecular weight is 311 g/mol. The maximum atomic E-state index is 12.3. The fraction of sp³-hybridized carbons (Fsp3) is 0.294. The summed E-state index contributed by atoms with van der Waals surface area (Å²) in [6, 6.07) is 10.1. The van der Waals surface area contributed by atoms with Gasteiger partial charge in [-0.15, -0.1) is 0 Å². The van der Waals surface area contributed by atoms with Gasteiger partial charge in [0.1, 0.15) is 0 Å². The summed E-state index contributed by atoms with van der Waals surface area (Å²) >= 11 is 1.60. The summed E-state index contributed by atoms with van der Waals surface area (Å²) in [5, 5.41) is 4.06. The second kappa shape index (κ2) is 5.57. The third-order valence-corrected chi connectivity index (χ3v) is 5.19. The van der Waals surface area contributed by atoms with Crippen LogP contribution < -0.4 is 5.32 Å². The third-order valence-electron chi connectivity index (χ3n) is 4.16. The van der Waals surface area contributed by atoms with Crippen LogP contribution in [0.2, 0.25) is 0 Å². The Morgan fingerprint density at radius 2 is 2.00 bits per heavy atom. The van der Waals surface area contributed by atoms with E-state index in [2.05, 4.69) is 10.3 Å². The van der Waals surface area contributed by atoms with Crippen LogP contribution in [0.5, 0.6) is 0 Å². The topological polar surface area (TPSA) is 46.9 Å². The Kier molecular flexibility index (Phi) is 3.42. The predicted molar refractivity (Wildman–Crippen MR) is 88.7 cm³/mol. The molecule has 112 valence electrons. The molecule has 1 fully saturated rings. The lowest BCUT2D eigenvalue weighted by Crippen LogP contribution is -2.32. The van der Waals surface area contributed by atoms with Gasteiger partial charge < -0.3 is 9.88 Å². The molecule has 0 aliphatic heterocycles. The molecular weight excluding hydrogens is 294 g/mol. The molecule has 3 aromatic rings. The first-order valence-corrected chi connectivity index (χ1v) is 8.46. The summed E-state index contributed by atoms with van der Waals surface area (Å²) in [6.45, 7) is 0. The maximum absolute atomic E-state index is 12.3. The van der Waals surface area contributed by atoms with E-state index in [0.29, 0.717) is 6.04 Å². The number of rotatable bonds is 3. The lowest BCUT2D eigenvalue weighted by molar-refractivity contribution is 0.0938. The van der Waals surface area contributed by atoms with E-state index in [4.69, 9.17) is 0 Å². The highest BCUT2D eigenvalue weighted by molar-refractivity contribution is 7.20. The molecular formula is C17H17N3OS. The number of fused-ring (bicyclic) bond motifs is 1. The van der Waals surface area contributed by atoms with Crippen molar-refractivity contribution in [1.82, 2.24) is 14.9 Å². The number of benzene rings is 1. The van der Waals surface area contributed by atoms with E-state index in [9.17, 15) is 4.79 Å². The van der Waals surface area contributed by atoms with Gasteiger partial charge in [-0.2, -0.15) is 0 Å². The number of amides is 1. The van der Waals surface area contributed by atoms with Crippen LogP contribution in [-0.2, 0) is 0 Å². The first kappa shape index (κ1) is 13.5. The molecule has 2 aromatic heterocycles. The van der Waals surface area contributed by atoms with E-state index in [-0.39, 0.29) is 5.91 Å². The van der Waals surface area contributed by atoms with Gasteiger partial charge in [0, 0.05) is 24.0 Å². The minimum atomic E-state index is 0.0321. The summed E-state index contributed by atoms with van der Waals surface area (Å²) in [5.41, 5.74) is 1.66. The van der Waals surface area contributed by atoms with Gasteiger partial charge in [0.2, 0.25) is 0 Å². The van der Waals surface area contributed by atoms with Gasteiger partial charge >= 0.3 is 0 Å². The largest absolute Gasteiger partial charge is 0.349 e. The van der Waals surface area contributed by atoms with Gasteiger partial charge in [0.15, 0.2) is 5.13 Å². The lowest BCUT2D eigenvalue weighted by Gasteiger charge is -2.11. The SMILES string of the molecule is O=C(NC1CCCC1)c1ccc2nc(-n3cccc3)sc2c1. The van der Waals surface area contributed by atoms with Crippen molar-refractivity contribution < 1.29 is 4.79 Å². The zero-order valence-corrected chi connectivity index (χ0v) is 13.0. The van der Waals surface area contributed by atoms with Crippen LogP contribution in [-0.4, -0.2) is 21.5 Å². The highest BCUT2D eigenvalue weighted by atomic mass is 32.1. The number of thiazole rings is 1. The molecule has 2 heterocycles. The summed E-state index contributed by atoms with van der Waals surface area (Å²) in [5.74, 6) is 0.0321. The molecule has 4 rings (SSSR count). The summed E-state index contributed by atoms with van der Waals surface area (Å²) in [4.78, 5) is 17.0. The van der Waals surface area contributed by atoms with Gasteiger partial charge in [-0.25, -0.2) is 4.98 Å². The smallest absolute Gasteiger partial charge is 0.251 e. The number of hydrogen-bond donors (Lipinski definition) is 1. The molecule has 0 spiro atoms. The molecule has 1 aliphatic rings. The predicted octanol–water partition coefficient (Wildman–Crippen LogP) is 3.76. The van der Waals surface area contributed by atoms with E-state index in [0.717, 1.165) is 33.8 Å². The number of hydrogen-bond acceptors (Lipinski definition) is 3. The van der Waals surface area contributed by atoms with Crippen molar-refractivity contribution in [3.8, 4) is 5.13 Å². The van der Waals surface area contributed by atoms with Crippen LogP contribution in [0.3, 0.4) is 0 Å². The zero-order valence-electron chi connectivity index (χ0n) is 12.2. The Bertz CT molecular complexity index is 801. The molecule has 0 unspecified atom stereocenters. The van der Waals surface area contributed by atoms with Crippen molar-refractivity contribution in [1.29, 1.82) is 0 Å². The highest BCUT2D eigenvalue weighted by Crippen LogP contribution is 2.26. The Morgan fingerprint density at radius 3 is 2.77 bits per heavy atom. The van der Waals surface area contributed by atoms with E-state index < -0.39 is 0 Å². The van der Waals surface area contributed by atoms with Gasteiger partial charge in [-0.1, -0.05) is 24.2 Å². The molecule has 0 atom stereocenters. The van der Waals surface area contributed by atoms with Crippen molar-refractivity contribution in [2.75, 3.05) is 0 Å². The maximum Gasteiger partial charge on any atom is 0.251 e. The van der Waals surface area contributed by atoms with Crippen LogP contribution in [0.25, 0.3) is 15.3 Å². The fourth-order valence-electron chi connectivity index (χ4n) is 2.97. The van der Waals surface area contributed by atoms with Gasteiger partial charge in [-0.3, -0.25) is 4.79 Å². The van der Waals surface area contributed by atoms with E-state index in [1.165, 1.54) is 12.8 Å². The normalized spacial score (nSPS) is 15.5. The number of carbonyl (C=O) groups excluding carboxylic acids is 1. The Morgan fingerprint density at radius 1 is 1.23 bits per heavy atom. The van der Waals surface area contributed by atoms with Crippen LogP contribution in [0, 0.1) is 0 Å². The van der Waals surface area contributed by atoms with Gasteiger partial charge in [0.05, 0.1) is 10.2 Å². The third kappa shape index (κ3) is 2.52. The summed E-state index contributed by atoms with van der Waals surface area (Å²) in [6.07, 6.45) is 8.60. The van der Waals surface area contributed by atoms with E-state index in [1.807, 2.05) is 47.3 Å². The molecule has 1 aromatic carbocycles. The van der Waals surface area contributed by atoms with Crippen LogP contribution >= 0.6 is 11.3 Å². The van der Waals surface area contributed by atoms with Crippen LogP contribution in [0.1, 0.15) is 36.0 Å².